The van der Waals surface area contributed by atoms with Crippen LogP contribution in [-0.4, -0.2) is 42.6 Å². The second-order valence-corrected chi connectivity index (χ2v) is 7.18. The first-order valence-corrected chi connectivity index (χ1v) is 9.01. The molecule has 0 unspecified atom stereocenters. The van der Waals surface area contributed by atoms with Gasteiger partial charge >= 0.3 is 0 Å². The summed E-state index contributed by atoms with van der Waals surface area (Å²) in [5.74, 6) is 1.63. The van der Waals surface area contributed by atoms with Crippen molar-refractivity contribution in [2.45, 2.75) is 25.4 Å². The van der Waals surface area contributed by atoms with Crippen LogP contribution in [0, 0.1) is 5.41 Å². The molecule has 1 saturated heterocycles. The summed E-state index contributed by atoms with van der Waals surface area (Å²) in [6.07, 6.45) is 3.88. The van der Waals surface area contributed by atoms with E-state index < -0.39 is 0 Å². The van der Waals surface area contributed by atoms with Gasteiger partial charge in [-0.25, -0.2) is 4.98 Å². The van der Waals surface area contributed by atoms with Crippen molar-refractivity contribution >= 4 is 17.2 Å². The lowest BCUT2D eigenvalue weighted by Crippen LogP contribution is -2.36. The molecule has 0 radical (unpaired) electrons. The minimum absolute atomic E-state index is 0. The summed E-state index contributed by atoms with van der Waals surface area (Å²) in [5.41, 5.74) is 8.53. The summed E-state index contributed by atoms with van der Waals surface area (Å²) in [6.45, 7) is 5.14. The Kier molecular flexibility index (Phi) is 4.28. The quantitative estimate of drug-likeness (QED) is 0.637. The fourth-order valence-electron chi connectivity index (χ4n) is 3.07. The highest BCUT2D eigenvalue weighted by Crippen LogP contribution is 2.40. The van der Waals surface area contributed by atoms with E-state index >= 15 is 0 Å². The summed E-state index contributed by atoms with van der Waals surface area (Å²) < 4.78 is 11.4. The molecule has 0 atom stereocenters. The number of ether oxygens (including phenoxy) is 2. The van der Waals surface area contributed by atoms with Crippen LogP contribution in [0.5, 0.6) is 5.75 Å². The Bertz CT molecular complexity index is 832. The second-order valence-electron chi connectivity index (χ2n) is 7.18. The number of hydrogen-bond donors (Lipinski definition) is 2. The van der Waals surface area contributed by atoms with E-state index in [0.717, 1.165) is 43.1 Å². The van der Waals surface area contributed by atoms with E-state index in [2.05, 4.69) is 16.8 Å². The van der Waals surface area contributed by atoms with Crippen LogP contribution in [0.1, 0.15) is 32.3 Å². The maximum atomic E-state index is 8.66. The van der Waals surface area contributed by atoms with Crippen LogP contribution < -0.4 is 15.4 Å². The third kappa shape index (κ3) is 3.51. The monoisotopic (exact) mass is 354 g/mol. The standard InChI is InChI=1S/C20H24N4O2.H2/c1-20(5-6-20)26-15-2-3-17(21)16(13-15)19(22)14-4-7-23-18(12-14)24-8-10-25-11-9-24;/h2-4,7,12-13,22H,5-6,8-11,21H2,1H3;1H. The van der Waals surface area contributed by atoms with Crippen molar-refractivity contribution in [2.75, 3.05) is 36.9 Å². The highest BCUT2D eigenvalue weighted by molar-refractivity contribution is 6.14. The molecule has 1 saturated carbocycles. The highest BCUT2D eigenvalue weighted by Gasteiger charge is 2.40. The molecule has 2 heterocycles. The molecule has 6 nitrogen and oxygen atoms in total. The molecular weight excluding hydrogens is 328 g/mol. The third-order valence-corrected chi connectivity index (χ3v) is 4.98. The molecule has 3 N–H and O–H groups in total. The number of morpholine rings is 1. The summed E-state index contributed by atoms with van der Waals surface area (Å²) in [6, 6.07) is 9.36. The summed E-state index contributed by atoms with van der Waals surface area (Å²) in [7, 11) is 0. The average Bonchev–Trinajstić information content (AvgIpc) is 3.40. The Labute approximate surface area is 154 Å². The first-order valence-electron chi connectivity index (χ1n) is 9.01. The lowest BCUT2D eigenvalue weighted by atomic mass is 10.0. The fourth-order valence-corrected chi connectivity index (χ4v) is 3.07. The molecule has 2 fully saturated rings. The van der Waals surface area contributed by atoms with Gasteiger partial charge < -0.3 is 20.1 Å². The van der Waals surface area contributed by atoms with Gasteiger partial charge in [-0.15, -0.1) is 0 Å². The van der Waals surface area contributed by atoms with Crippen LogP contribution in [-0.2, 0) is 4.74 Å². The average molecular weight is 354 g/mol. The van der Waals surface area contributed by atoms with E-state index in [-0.39, 0.29) is 7.03 Å². The predicted octanol–water partition coefficient (Wildman–Crippen LogP) is 3.09. The summed E-state index contributed by atoms with van der Waals surface area (Å²) in [5, 5.41) is 8.66. The van der Waals surface area contributed by atoms with Crippen LogP contribution in [0.2, 0.25) is 0 Å². The van der Waals surface area contributed by atoms with Gasteiger partial charge in [-0.1, -0.05) is 0 Å². The summed E-state index contributed by atoms with van der Waals surface area (Å²) >= 11 is 0. The predicted molar refractivity (Wildman–Crippen MR) is 104 cm³/mol. The number of nitrogen functional groups attached to an aromatic ring is 1. The Morgan fingerprint density at radius 1 is 1.27 bits per heavy atom. The Morgan fingerprint density at radius 2 is 2.04 bits per heavy atom. The third-order valence-electron chi connectivity index (χ3n) is 4.98. The molecule has 1 aliphatic heterocycles. The van der Waals surface area contributed by atoms with Crippen LogP contribution >= 0.6 is 0 Å². The highest BCUT2D eigenvalue weighted by atomic mass is 16.5. The van der Waals surface area contributed by atoms with Gasteiger partial charge in [0.25, 0.3) is 0 Å². The van der Waals surface area contributed by atoms with Crippen molar-refractivity contribution < 1.29 is 10.9 Å². The van der Waals surface area contributed by atoms with Crippen LogP contribution in [0.3, 0.4) is 0 Å². The normalized spacial score (nSPS) is 18.4. The molecule has 1 aliphatic carbocycles. The zero-order valence-electron chi connectivity index (χ0n) is 15.0. The molecule has 2 aromatic rings. The Balaban J connectivity index is 0.00000210. The van der Waals surface area contributed by atoms with Gasteiger partial charge in [-0.2, -0.15) is 0 Å². The smallest absolute Gasteiger partial charge is 0.129 e. The van der Waals surface area contributed by atoms with E-state index in [4.69, 9.17) is 20.6 Å². The number of nitrogens with two attached hydrogens (primary N) is 1. The molecular formula is C20H26N4O2. The number of rotatable bonds is 5. The van der Waals surface area contributed by atoms with Gasteiger partial charge in [0.15, 0.2) is 0 Å². The number of pyridine rings is 1. The van der Waals surface area contributed by atoms with Crippen molar-refractivity contribution in [3.05, 3.63) is 47.7 Å². The minimum atomic E-state index is -0.0598. The molecule has 1 aromatic carbocycles. The van der Waals surface area contributed by atoms with Gasteiger partial charge in [0.1, 0.15) is 17.2 Å². The topological polar surface area (TPSA) is 84.5 Å². The molecule has 4 rings (SSSR count). The number of hydrogen-bond acceptors (Lipinski definition) is 6. The van der Waals surface area contributed by atoms with E-state index in [1.165, 1.54) is 0 Å². The van der Waals surface area contributed by atoms with E-state index in [0.29, 0.717) is 30.2 Å². The van der Waals surface area contributed by atoms with Gasteiger partial charge in [0, 0.05) is 37.5 Å². The van der Waals surface area contributed by atoms with Gasteiger partial charge in [-0.05, 0) is 50.1 Å². The van der Waals surface area contributed by atoms with Crippen LogP contribution in [0.15, 0.2) is 36.5 Å². The number of nitrogens with one attached hydrogen (secondary N) is 1. The first-order chi connectivity index (χ1) is 12.5. The zero-order chi connectivity index (χ0) is 18.1. The molecule has 0 bridgehead atoms. The molecule has 26 heavy (non-hydrogen) atoms. The van der Waals surface area contributed by atoms with Crippen molar-refractivity contribution in [3.63, 3.8) is 0 Å². The Morgan fingerprint density at radius 3 is 2.77 bits per heavy atom. The molecule has 0 spiro atoms. The lowest BCUT2D eigenvalue weighted by Gasteiger charge is -2.28. The van der Waals surface area contributed by atoms with Gasteiger partial charge in [-0.3, -0.25) is 5.41 Å². The first kappa shape index (κ1) is 16.8. The maximum Gasteiger partial charge on any atom is 0.129 e. The van der Waals surface area contributed by atoms with Crippen molar-refractivity contribution in [3.8, 4) is 5.75 Å². The fraction of sp³-hybridized carbons (Fsp3) is 0.400. The molecule has 138 valence electrons. The number of anilines is 2. The lowest BCUT2D eigenvalue weighted by molar-refractivity contribution is 0.122. The summed E-state index contributed by atoms with van der Waals surface area (Å²) in [4.78, 5) is 6.63. The minimum Gasteiger partial charge on any atom is -0.488 e. The number of aromatic nitrogens is 1. The van der Waals surface area contributed by atoms with E-state index in [1.807, 2.05) is 30.3 Å². The van der Waals surface area contributed by atoms with Crippen LogP contribution in [0.4, 0.5) is 11.5 Å². The zero-order valence-corrected chi connectivity index (χ0v) is 15.0. The van der Waals surface area contributed by atoms with Crippen molar-refractivity contribution in [1.29, 1.82) is 5.41 Å². The maximum absolute atomic E-state index is 8.66. The Hall–Kier alpha value is -2.60. The van der Waals surface area contributed by atoms with Gasteiger partial charge in [0.05, 0.1) is 18.9 Å². The largest absolute Gasteiger partial charge is 0.488 e. The van der Waals surface area contributed by atoms with Gasteiger partial charge in [0.2, 0.25) is 0 Å². The van der Waals surface area contributed by atoms with Crippen LogP contribution in [0.25, 0.3) is 0 Å². The number of benzene rings is 1. The SMILES string of the molecule is CC1(Oc2ccc(N)c(C(=N)c3ccnc(N4CCOCC4)c3)c2)CC1.[HH]. The van der Waals surface area contributed by atoms with Crippen molar-refractivity contribution in [1.82, 2.24) is 4.98 Å². The van der Waals surface area contributed by atoms with E-state index in [1.54, 1.807) is 6.20 Å². The molecule has 6 heteroatoms. The second kappa shape index (κ2) is 6.61. The molecule has 2 aliphatic rings. The van der Waals surface area contributed by atoms with E-state index in [9.17, 15) is 0 Å². The number of nitrogens with zero attached hydrogens (tertiary/aromatic N) is 2. The molecule has 0 amide bonds. The van der Waals surface area contributed by atoms with Crippen molar-refractivity contribution in [2.24, 2.45) is 0 Å². The molecule has 1 aromatic heterocycles.